The van der Waals surface area contributed by atoms with Gasteiger partial charge in [-0.15, -0.1) is 0 Å². The molecule has 2 atom stereocenters. The highest BCUT2D eigenvalue weighted by molar-refractivity contribution is 6.07. The molecule has 1 aromatic carbocycles. The van der Waals surface area contributed by atoms with Crippen molar-refractivity contribution in [3.63, 3.8) is 0 Å². The highest BCUT2D eigenvalue weighted by atomic mass is 16.5. The molecule has 5 aromatic heterocycles. The average Bonchev–Trinajstić information content (AvgIpc) is 4.10. The van der Waals surface area contributed by atoms with E-state index in [4.69, 9.17) is 26.9 Å². The van der Waals surface area contributed by atoms with Gasteiger partial charge in [0.05, 0.1) is 28.2 Å². The number of imidazole rings is 2. The number of carbonyl (C=O) groups is 4. The van der Waals surface area contributed by atoms with Gasteiger partial charge in [0.25, 0.3) is 11.8 Å². The van der Waals surface area contributed by atoms with Crippen LogP contribution in [0.2, 0.25) is 0 Å². The first-order valence-corrected chi connectivity index (χ1v) is 20.1. The van der Waals surface area contributed by atoms with Crippen LogP contribution in [0.3, 0.4) is 0 Å². The molecule has 0 unspecified atom stereocenters. The van der Waals surface area contributed by atoms with Crippen molar-refractivity contribution in [2.75, 3.05) is 42.6 Å². The molecule has 8 rings (SSSR count). The van der Waals surface area contributed by atoms with E-state index >= 15 is 0 Å². The summed E-state index contributed by atoms with van der Waals surface area (Å²) in [6, 6.07) is 7.30. The number of anilines is 3. The number of nitrogens with one attached hydrogen (secondary N) is 3. The minimum absolute atomic E-state index is 0.139. The predicted molar refractivity (Wildman–Crippen MR) is 226 cm³/mol. The van der Waals surface area contributed by atoms with Crippen LogP contribution in [-0.4, -0.2) is 111 Å². The summed E-state index contributed by atoms with van der Waals surface area (Å²) in [5, 5.41) is 18.1. The fourth-order valence-electron chi connectivity index (χ4n) is 8.08. The topological polar surface area (TPSA) is 279 Å². The first-order chi connectivity index (χ1) is 29.3. The summed E-state index contributed by atoms with van der Waals surface area (Å²) in [7, 11) is 0. The van der Waals surface area contributed by atoms with Crippen LogP contribution in [0.25, 0.3) is 22.2 Å². The van der Waals surface area contributed by atoms with Gasteiger partial charge in [-0.05, 0) is 58.4 Å². The number of nitrogen functional groups attached to an aromatic ring is 1. The lowest BCUT2D eigenvalue weighted by Crippen LogP contribution is -2.45. The van der Waals surface area contributed by atoms with Crippen molar-refractivity contribution in [1.82, 2.24) is 53.9 Å². The van der Waals surface area contributed by atoms with E-state index in [1.54, 1.807) is 38.9 Å². The zero-order chi connectivity index (χ0) is 43.1. The Morgan fingerprint density at radius 2 is 1.57 bits per heavy atom. The fraction of sp³-hybridized carbons (Fsp3) is 0.375. The van der Waals surface area contributed by atoms with E-state index in [1.165, 1.54) is 16.9 Å². The fourth-order valence-corrected chi connectivity index (χ4v) is 8.08. The summed E-state index contributed by atoms with van der Waals surface area (Å²) in [4.78, 5) is 68.3. The molecule has 0 spiro atoms. The molecule has 318 valence electrons. The molecule has 0 aliphatic carbocycles. The molecule has 21 nitrogen and oxygen atoms in total. The van der Waals surface area contributed by atoms with Crippen LogP contribution in [-0.2, 0) is 26.2 Å². The highest BCUT2D eigenvalue weighted by Crippen LogP contribution is 2.32. The Morgan fingerprint density at radius 3 is 2.26 bits per heavy atom. The third-order valence-corrected chi connectivity index (χ3v) is 11.1. The summed E-state index contributed by atoms with van der Waals surface area (Å²) in [6.45, 7) is 11.4. The summed E-state index contributed by atoms with van der Waals surface area (Å²) in [6.07, 6.45) is 6.12. The molecule has 4 amide bonds. The molecule has 2 aliphatic rings. The van der Waals surface area contributed by atoms with Crippen molar-refractivity contribution in [3.8, 4) is 5.75 Å². The van der Waals surface area contributed by atoms with Crippen molar-refractivity contribution in [3.05, 3.63) is 76.5 Å². The number of hydrogen-bond acceptors (Lipinski definition) is 13. The van der Waals surface area contributed by atoms with Gasteiger partial charge in [-0.25, -0.2) is 15.0 Å². The van der Waals surface area contributed by atoms with Gasteiger partial charge in [0.15, 0.2) is 5.65 Å². The Balaban J connectivity index is 1.13. The summed E-state index contributed by atoms with van der Waals surface area (Å²) >= 11 is 0. The van der Waals surface area contributed by atoms with Crippen LogP contribution < -0.4 is 37.9 Å². The Hall–Kier alpha value is -7.13. The van der Waals surface area contributed by atoms with Gasteiger partial charge in [0.1, 0.15) is 34.8 Å². The number of carbonyl (C=O) groups excluding carboxylic acids is 4. The molecule has 2 bridgehead atoms. The number of aromatic nitrogens is 9. The van der Waals surface area contributed by atoms with Crippen molar-refractivity contribution >= 4 is 63.4 Å². The first-order valence-electron chi connectivity index (χ1n) is 20.1. The van der Waals surface area contributed by atoms with Gasteiger partial charge in [-0.3, -0.25) is 48.6 Å². The number of primary amides is 2. The standard InChI is InChI=1S/C40H48N16O5/c1-5-55-29(13-21(3)50-55)37(59)48-39-46-27-14-23(34(42)57)16-30(61-12-11-52-20-25-17-26(52)19-44-25)32(27)53(39)9-7-8-10-54-36-28(15-24(18-45-36)35(43)58)47-40(54)49-38(60)33-31(41)22(4)51-56(33)6-2/h7-8,13-16,18,25-26,44H,5-6,9-12,17,19-20,41H2,1-4H3,(H2,42,57)(H2,43,58)(H,46,48,59)(H,47,49,60)/b8-7+/t25-,26-/m1/s1. The smallest absolute Gasteiger partial charge is 0.278 e. The number of likely N-dealkylation sites (tertiary alicyclic amines) is 1. The molecule has 7 heterocycles. The average molecular weight is 833 g/mol. The number of aryl methyl sites for hydroxylation is 4. The second-order valence-corrected chi connectivity index (χ2v) is 15.1. The van der Waals surface area contributed by atoms with Gasteiger partial charge < -0.3 is 31.8 Å². The number of ether oxygens (including phenoxy) is 1. The predicted octanol–water partition coefficient (Wildman–Crippen LogP) is 1.80. The zero-order valence-corrected chi connectivity index (χ0v) is 34.3. The number of hydrogen-bond donors (Lipinski definition) is 6. The van der Waals surface area contributed by atoms with Crippen LogP contribution in [0, 0.1) is 13.8 Å². The Bertz CT molecular complexity index is 2740. The van der Waals surface area contributed by atoms with E-state index in [-0.39, 0.29) is 47.5 Å². The number of benzene rings is 1. The Morgan fingerprint density at radius 1 is 0.885 bits per heavy atom. The molecule has 6 aromatic rings. The van der Waals surface area contributed by atoms with Gasteiger partial charge >= 0.3 is 0 Å². The van der Waals surface area contributed by atoms with Crippen molar-refractivity contribution < 1.29 is 23.9 Å². The monoisotopic (exact) mass is 832 g/mol. The normalized spacial score (nSPS) is 16.3. The maximum atomic E-state index is 13.8. The molecule has 61 heavy (non-hydrogen) atoms. The maximum absolute atomic E-state index is 13.8. The van der Waals surface area contributed by atoms with Gasteiger partial charge in [0, 0.05) is 69.7 Å². The van der Waals surface area contributed by atoms with E-state index < -0.39 is 23.6 Å². The third-order valence-electron chi connectivity index (χ3n) is 11.1. The second kappa shape index (κ2) is 16.5. The molecule has 2 saturated heterocycles. The molecule has 0 saturated carbocycles. The number of rotatable bonds is 16. The SMILES string of the molecule is CCn1nc(C)cc1C(=O)Nc1nc2cc(C(N)=O)cc(OCCN3C[C@H]4C[C@@H]3CN4)c2n1C/C=C/Cn1c(NC(=O)c2c(N)c(C)nn2CC)nc2cc(C(N)=O)cnc21. The zero-order valence-electron chi connectivity index (χ0n) is 34.3. The highest BCUT2D eigenvalue weighted by Gasteiger charge is 2.37. The lowest BCUT2D eigenvalue weighted by molar-refractivity contribution is 0.0991. The maximum Gasteiger partial charge on any atom is 0.278 e. The molecule has 2 aliphatic heterocycles. The molecular weight excluding hydrogens is 785 g/mol. The van der Waals surface area contributed by atoms with Crippen molar-refractivity contribution in [2.45, 2.75) is 72.4 Å². The van der Waals surface area contributed by atoms with Crippen molar-refractivity contribution in [1.29, 1.82) is 0 Å². The van der Waals surface area contributed by atoms with Gasteiger partial charge in [-0.2, -0.15) is 10.2 Å². The minimum atomic E-state index is -0.680. The van der Waals surface area contributed by atoms with Crippen molar-refractivity contribution in [2.24, 2.45) is 11.5 Å². The van der Waals surface area contributed by atoms with Crippen LogP contribution in [0.4, 0.5) is 17.6 Å². The Labute approximate surface area is 349 Å². The molecular formula is C40H48N16O5. The van der Waals surface area contributed by atoms with Crippen LogP contribution in [0.15, 0.2) is 42.6 Å². The van der Waals surface area contributed by atoms with Gasteiger partial charge in [-0.1, -0.05) is 12.2 Å². The largest absolute Gasteiger partial charge is 0.490 e. The van der Waals surface area contributed by atoms with E-state index in [0.29, 0.717) is 83.4 Å². The first kappa shape index (κ1) is 40.6. The van der Waals surface area contributed by atoms with Crippen LogP contribution >= 0.6 is 0 Å². The number of piperazine rings is 1. The van der Waals surface area contributed by atoms with Crippen LogP contribution in [0.1, 0.15) is 73.3 Å². The number of pyridine rings is 1. The Kier molecular flexibility index (Phi) is 11.0. The summed E-state index contributed by atoms with van der Waals surface area (Å²) in [5.74, 6) is -1.57. The number of fused-ring (bicyclic) bond motifs is 4. The van der Waals surface area contributed by atoms with E-state index in [0.717, 1.165) is 19.5 Å². The number of nitrogens with zero attached hydrogens (tertiary/aromatic N) is 10. The summed E-state index contributed by atoms with van der Waals surface area (Å²) < 4.78 is 13.0. The lowest BCUT2D eigenvalue weighted by Gasteiger charge is -2.27. The number of amides is 4. The molecule has 21 heteroatoms. The number of nitrogens with two attached hydrogens (primary N) is 3. The second-order valence-electron chi connectivity index (χ2n) is 15.1. The van der Waals surface area contributed by atoms with Gasteiger partial charge in [0.2, 0.25) is 23.7 Å². The van der Waals surface area contributed by atoms with E-state index in [9.17, 15) is 19.2 Å². The van der Waals surface area contributed by atoms with E-state index in [2.05, 4.69) is 41.0 Å². The summed E-state index contributed by atoms with van der Waals surface area (Å²) in [5.41, 5.74) is 21.5. The number of allylic oxidation sites excluding steroid dienone is 2. The minimum Gasteiger partial charge on any atom is -0.490 e. The molecule has 9 N–H and O–H groups in total. The third kappa shape index (κ3) is 7.87. The van der Waals surface area contributed by atoms with E-state index in [1.807, 2.05) is 32.9 Å². The quantitative estimate of drug-likeness (QED) is 0.0760. The molecule has 0 radical (unpaired) electrons. The van der Waals surface area contributed by atoms with Crippen LogP contribution in [0.5, 0.6) is 5.75 Å². The molecule has 2 fully saturated rings. The lowest BCUT2D eigenvalue weighted by atomic mass is 10.1.